The minimum Gasteiger partial charge on any atom is -0.457 e. The smallest absolute Gasteiger partial charge is 0.457 e. The maximum atomic E-state index is 12.7. The molecule has 0 radical (unpaired) electrons. The number of ether oxygens (including phenoxy) is 2. The zero-order valence-corrected chi connectivity index (χ0v) is 38.8. The fraction of sp³-hybridized carbons (Fsp3) is 0.936. The van der Waals surface area contributed by atoms with Crippen molar-refractivity contribution in [1.29, 1.82) is 0 Å². The highest BCUT2D eigenvalue weighted by molar-refractivity contribution is 7.47. The first kappa shape index (κ1) is 55.2. The molecule has 0 bridgehead atoms. The average molecular weight is 817 g/mol. The lowest BCUT2D eigenvalue weighted by Crippen LogP contribution is -2.37. The molecule has 0 aromatic carbocycles. The third-order valence-corrected chi connectivity index (χ3v) is 11.6. The lowest BCUT2D eigenvalue weighted by molar-refractivity contribution is -0.870. The lowest BCUT2D eigenvalue weighted by Gasteiger charge is -2.24. The van der Waals surface area contributed by atoms with Gasteiger partial charge in [0.2, 0.25) is 0 Å². The van der Waals surface area contributed by atoms with Gasteiger partial charge < -0.3 is 18.9 Å². The predicted octanol–water partition coefficient (Wildman–Crippen LogP) is 14.2. The third kappa shape index (κ3) is 44.3. The lowest BCUT2D eigenvalue weighted by atomic mass is 10.0. The molecule has 0 aliphatic heterocycles. The Balaban J connectivity index is 4.16. The summed E-state index contributed by atoms with van der Waals surface area (Å²) in [7, 11) is 1.68. The number of phosphoric ester groups is 1. The van der Waals surface area contributed by atoms with Crippen LogP contribution in [0.15, 0.2) is 12.2 Å². The average Bonchev–Trinajstić information content (AvgIpc) is 3.15. The normalized spacial score (nSPS) is 13.8. The molecule has 0 saturated heterocycles. The Hall–Kier alpha value is -0.760. The van der Waals surface area contributed by atoms with Crippen molar-refractivity contribution in [3.8, 4) is 0 Å². The Morgan fingerprint density at radius 1 is 0.536 bits per heavy atom. The van der Waals surface area contributed by atoms with Crippen LogP contribution in [0.5, 0.6) is 0 Å². The van der Waals surface area contributed by atoms with Gasteiger partial charge in [0.25, 0.3) is 0 Å². The number of nitrogens with zero attached hydrogens (tertiary/aromatic N) is 1. The van der Waals surface area contributed by atoms with Crippen molar-refractivity contribution in [2.45, 2.75) is 232 Å². The Labute approximate surface area is 348 Å². The first-order valence-corrected chi connectivity index (χ1v) is 25.4. The van der Waals surface area contributed by atoms with Gasteiger partial charge in [-0.1, -0.05) is 193 Å². The fourth-order valence-electron chi connectivity index (χ4n) is 6.84. The number of hydrogen-bond donors (Lipinski definition) is 1. The molecule has 0 heterocycles. The van der Waals surface area contributed by atoms with Crippen LogP contribution in [-0.2, 0) is 27.9 Å². The first-order valence-electron chi connectivity index (χ1n) is 23.9. The highest BCUT2D eigenvalue weighted by Gasteiger charge is 2.26. The summed E-state index contributed by atoms with van der Waals surface area (Å²) in [5.74, 6) is -0.313. The van der Waals surface area contributed by atoms with Crippen molar-refractivity contribution in [2.24, 2.45) is 0 Å². The van der Waals surface area contributed by atoms with Crippen LogP contribution in [0.25, 0.3) is 0 Å². The number of phosphoric acid groups is 1. The molecule has 0 spiro atoms. The molecule has 2 atom stereocenters. The number of quaternary nitrogens is 1. The van der Waals surface area contributed by atoms with Crippen LogP contribution in [0.1, 0.15) is 226 Å². The van der Waals surface area contributed by atoms with E-state index in [0.717, 1.165) is 32.1 Å². The Bertz CT molecular complexity index is 909. The standard InChI is InChI=1S/C47H94NO7P/c1-6-8-10-12-14-16-18-20-22-24-25-26-28-30-32-34-36-38-40-47(49)55-46(45-54-56(50,51)53-43-41-48(3,4)5)44-52-42-39-37-35-33-31-29-27-23-21-19-17-15-13-11-9-7-2/h22,24,46H,6-21,23,25-45H2,1-5H3/p+1/b24-22-. The Morgan fingerprint density at radius 3 is 1.36 bits per heavy atom. The van der Waals surface area contributed by atoms with E-state index in [2.05, 4.69) is 26.0 Å². The predicted molar refractivity (Wildman–Crippen MR) is 238 cm³/mol. The molecule has 0 aliphatic carbocycles. The van der Waals surface area contributed by atoms with Crippen molar-refractivity contribution in [2.75, 3.05) is 54.1 Å². The van der Waals surface area contributed by atoms with Crippen LogP contribution >= 0.6 is 7.82 Å². The number of unbranched alkanes of at least 4 members (excludes halogenated alkanes) is 29. The maximum Gasteiger partial charge on any atom is 0.472 e. The summed E-state index contributed by atoms with van der Waals surface area (Å²) in [6.07, 6.45) is 45.3. The van der Waals surface area contributed by atoms with E-state index in [0.29, 0.717) is 24.1 Å². The van der Waals surface area contributed by atoms with E-state index < -0.39 is 13.9 Å². The number of likely N-dealkylation sites (N-methyl/N-ethyl adjacent to an activating group) is 1. The van der Waals surface area contributed by atoms with Gasteiger partial charge in [0.05, 0.1) is 34.4 Å². The molecule has 56 heavy (non-hydrogen) atoms. The molecule has 1 N–H and O–H groups in total. The van der Waals surface area contributed by atoms with Gasteiger partial charge in [0, 0.05) is 13.0 Å². The van der Waals surface area contributed by atoms with Crippen LogP contribution in [-0.4, -0.2) is 75.6 Å². The number of rotatable bonds is 45. The van der Waals surface area contributed by atoms with E-state index >= 15 is 0 Å². The van der Waals surface area contributed by atoms with Crippen LogP contribution in [0.4, 0.5) is 0 Å². The van der Waals surface area contributed by atoms with Gasteiger partial charge in [0.15, 0.2) is 0 Å². The molecule has 334 valence electrons. The number of hydrogen-bond acceptors (Lipinski definition) is 6. The molecule has 0 fully saturated rings. The largest absolute Gasteiger partial charge is 0.472 e. The van der Waals surface area contributed by atoms with E-state index in [1.54, 1.807) is 0 Å². The molecule has 0 aliphatic rings. The van der Waals surface area contributed by atoms with Crippen molar-refractivity contribution >= 4 is 13.8 Å². The van der Waals surface area contributed by atoms with Crippen molar-refractivity contribution in [3.63, 3.8) is 0 Å². The quantitative estimate of drug-likeness (QED) is 0.0215. The molecule has 0 aromatic rings. The van der Waals surface area contributed by atoms with Crippen LogP contribution in [0.2, 0.25) is 0 Å². The minimum atomic E-state index is -4.27. The Morgan fingerprint density at radius 2 is 0.929 bits per heavy atom. The van der Waals surface area contributed by atoms with Gasteiger partial charge in [0.1, 0.15) is 19.3 Å². The summed E-state index contributed by atoms with van der Waals surface area (Å²) in [5, 5.41) is 0. The van der Waals surface area contributed by atoms with Crippen LogP contribution < -0.4 is 0 Å². The number of carbonyl (C=O) groups excluding carboxylic acids is 1. The van der Waals surface area contributed by atoms with Crippen molar-refractivity contribution in [3.05, 3.63) is 12.2 Å². The second kappa shape index (κ2) is 41.0. The maximum absolute atomic E-state index is 12.7. The summed E-state index contributed by atoms with van der Waals surface area (Å²) >= 11 is 0. The fourth-order valence-corrected chi connectivity index (χ4v) is 7.58. The summed E-state index contributed by atoms with van der Waals surface area (Å²) < 4.78 is 35.1. The molecule has 8 nitrogen and oxygen atoms in total. The van der Waals surface area contributed by atoms with Gasteiger partial charge in [-0.3, -0.25) is 13.8 Å². The minimum absolute atomic E-state index is 0.0912. The number of esters is 1. The number of carbonyl (C=O) groups is 1. The first-order chi connectivity index (χ1) is 27.1. The topological polar surface area (TPSA) is 91.3 Å². The van der Waals surface area contributed by atoms with Crippen LogP contribution in [0.3, 0.4) is 0 Å². The van der Waals surface area contributed by atoms with Crippen LogP contribution in [0, 0.1) is 0 Å². The molecule has 0 amide bonds. The molecule has 0 rings (SSSR count). The van der Waals surface area contributed by atoms with Gasteiger partial charge >= 0.3 is 13.8 Å². The van der Waals surface area contributed by atoms with E-state index in [-0.39, 0.29) is 25.8 Å². The number of allylic oxidation sites excluding steroid dienone is 2. The second-order valence-corrected chi connectivity index (χ2v) is 19.0. The van der Waals surface area contributed by atoms with Gasteiger partial charge in [-0.15, -0.1) is 0 Å². The zero-order chi connectivity index (χ0) is 41.3. The molecular formula is C47H95NO7P+. The summed E-state index contributed by atoms with van der Waals surface area (Å²) in [6.45, 7) is 5.67. The SMILES string of the molecule is CCCCCCCCC/C=C\CCCCCCCCCC(=O)OC(COCCCCCCCCCCCCCCCCCC)COP(=O)(O)OCC[N+](C)(C)C. The van der Waals surface area contributed by atoms with E-state index in [9.17, 15) is 14.3 Å². The molecule has 0 aromatic heterocycles. The van der Waals surface area contributed by atoms with Gasteiger partial charge in [-0.2, -0.15) is 0 Å². The highest BCUT2D eigenvalue weighted by atomic mass is 31.2. The zero-order valence-electron chi connectivity index (χ0n) is 37.9. The Kier molecular flexibility index (Phi) is 40.4. The van der Waals surface area contributed by atoms with E-state index in [1.807, 2.05) is 21.1 Å². The van der Waals surface area contributed by atoms with E-state index in [1.165, 1.54) is 173 Å². The molecule has 0 saturated carbocycles. The summed E-state index contributed by atoms with van der Waals surface area (Å²) in [4.78, 5) is 22.9. The monoisotopic (exact) mass is 817 g/mol. The molecule has 9 heteroatoms. The molecular weight excluding hydrogens is 721 g/mol. The second-order valence-electron chi connectivity index (χ2n) is 17.5. The summed E-state index contributed by atoms with van der Waals surface area (Å²) in [6, 6.07) is 0. The van der Waals surface area contributed by atoms with Crippen molar-refractivity contribution in [1.82, 2.24) is 0 Å². The van der Waals surface area contributed by atoms with Gasteiger partial charge in [-0.25, -0.2) is 4.57 Å². The van der Waals surface area contributed by atoms with E-state index in [4.69, 9.17) is 18.5 Å². The van der Waals surface area contributed by atoms with Crippen molar-refractivity contribution < 1.29 is 37.3 Å². The third-order valence-electron chi connectivity index (χ3n) is 10.6. The highest BCUT2D eigenvalue weighted by Crippen LogP contribution is 2.43. The van der Waals surface area contributed by atoms with Gasteiger partial charge in [-0.05, 0) is 38.5 Å². The summed E-state index contributed by atoms with van der Waals surface area (Å²) in [5.41, 5.74) is 0. The molecule has 2 unspecified atom stereocenters.